The van der Waals surface area contributed by atoms with Crippen LogP contribution in [0.5, 0.6) is 0 Å². The van der Waals surface area contributed by atoms with Crippen LogP contribution in [0.2, 0.25) is 0 Å². The Hall–Kier alpha value is -1.44. The maximum absolute atomic E-state index is 13.2. The highest BCUT2D eigenvalue weighted by Gasteiger charge is 2.49. The van der Waals surface area contributed by atoms with E-state index in [0.717, 1.165) is 38.6 Å². The van der Waals surface area contributed by atoms with E-state index in [1.54, 1.807) is 10.4 Å². The van der Waals surface area contributed by atoms with Crippen LogP contribution in [0.15, 0.2) is 23.1 Å². The number of hydrogen-bond donors (Lipinski definition) is 1. The summed E-state index contributed by atoms with van der Waals surface area (Å²) in [6.07, 6.45) is 7.67. The van der Waals surface area contributed by atoms with Crippen molar-refractivity contribution in [3.05, 3.63) is 29.3 Å². The largest absolute Gasteiger partial charge is 0.368 e. The van der Waals surface area contributed by atoms with Crippen molar-refractivity contribution in [1.82, 2.24) is 9.21 Å². The Labute approximate surface area is 168 Å². The minimum atomic E-state index is -3.50. The number of carbonyl (C=O) groups excluding carboxylic acids is 1. The van der Waals surface area contributed by atoms with Gasteiger partial charge in [0.05, 0.1) is 10.9 Å². The second-order valence-corrected chi connectivity index (χ2v) is 10.7. The highest BCUT2D eigenvalue weighted by atomic mass is 32.2. The quantitative estimate of drug-likeness (QED) is 0.833. The number of amides is 1. The molecule has 3 aliphatic rings. The molecule has 2 aliphatic heterocycles. The van der Waals surface area contributed by atoms with Gasteiger partial charge in [0.25, 0.3) is 0 Å². The number of benzene rings is 1. The molecule has 0 aromatic heterocycles. The summed E-state index contributed by atoms with van der Waals surface area (Å²) < 4.78 is 28.1. The first-order valence-corrected chi connectivity index (χ1v) is 11.9. The number of likely N-dealkylation sites (tertiary alicyclic amines) is 1. The third kappa shape index (κ3) is 3.37. The zero-order valence-electron chi connectivity index (χ0n) is 16.7. The molecule has 1 atom stereocenters. The molecule has 7 heteroatoms. The van der Waals surface area contributed by atoms with Crippen LogP contribution in [0.3, 0.4) is 0 Å². The third-order valence-corrected chi connectivity index (χ3v) is 9.05. The number of aryl methyl sites for hydroxylation is 2. The predicted octanol–water partition coefficient (Wildman–Crippen LogP) is 1.92. The summed E-state index contributed by atoms with van der Waals surface area (Å²) in [6.45, 7) is 1.78. The van der Waals surface area contributed by atoms with Crippen LogP contribution in [0, 0.1) is 5.41 Å². The Morgan fingerprint density at radius 1 is 1.04 bits per heavy atom. The Kier molecular flexibility index (Phi) is 5.27. The number of rotatable bonds is 3. The molecule has 0 saturated carbocycles. The molecule has 154 valence electrons. The number of nitrogens with zero attached hydrogens (tertiary/aromatic N) is 2. The van der Waals surface area contributed by atoms with Crippen molar-refractivity contribution in [3.63, 3.8) is 0 Å². The van der Waals surface area contributed by atoms with Crippen molar-refractivity contribution in [2.45, 2.75) is 62.3 Å². The van der Waals surface area contributed by atoms with Crippen LogP contribution in [0.25, 0.3) is 0 Å². The van der Waals surface area contributed by atoms with Gasteiger partial charge in [0.1, 0.15) is 0 Å². The van der Waals surface area contributed by atoms with Crippen molar-refractivity contribution in [2.24, 2.45) is 11.1 Å². The van der Waals surface area contributed by atoms with Gasteiger partial charge in [-0.2, -0.15) is 4.31 Å². The summed E-state index contributed by atoms with van der Waals surface area (Å²) in [4.78, 5) is 14.6. The summed E-state index contributed by atoms with van der Waals surface area (Å²) in [5, 5.41) is 0. The number of fused-ring (bicyclic) bond motifs is 1. The van der Waals surface area contributed by atoms with Gasteiger partial charge in [-0.25, -0.2) is 8.42 Å². The average Bonchev–Trinajstić information content (AvgIpc) is 2.67. The first-order chi connectivity index (χ1) is 13.3. The smallest absolute Gasteiger partial charge is 0.243 e. The van der Waals surface area contributed by atoms with Gasteiger partial charge < -0.3 is 5.73 Å². The fourth-order valence-electron chi connectivity index (χ4n) is 5.65. The SMILES string of the molecule is CN1CCCC2(CCN(S(=O)(=O)c3ccc4c(c3)CCCC4)CC2)C1C(N)=O. The van der Waals surface area contributed by atoms with E-state index in [4.69, 9.17) is 5.73 Å². The predicted molar refractivity (Wildman–Crippen MR) is 108 cm³/mol. The fourth-order valence-corrected chi connectivity index (χ4v) is 7.14. The summed E-state index contributed by atoms with van der Waals surface area (Å²) in [6, 6.07) is 5.35. The number of piperidine rings is 2. The number of primary amides is 1. The van der Waals surface area contributed by atoms with E-state index in [1.165, 1.54) is 17.5 Å². The van der Waals surface area contributed by atoms with E-state index in [1.807, 2.05) is 19.2 Å². The molecule has 1 amide bonds. The highest BCUT2D eigenvalue weighted by molar-refractivity contribution is 7.89. The summed E-state index contributed by atoms with van der Waals surface area (Å²) in [7, 11) is -1.55. The number of carbonyl (C=O) groups is 1. The first-order valence-electron chi connectivity index (χ1n) is 10.5. The molecule has 1 aromatic rings. The number of sulfonamides is 1. The van der Waals surface area contributed by atoms with Gasteiger partial charge in [-0.1, -0.05) is 6.07 Å². The molecule has 6 nitrogen and oxygen atoms in total. The highest BCUT2D eigenvalue weighted by Crippen LogP contribution is 2.45. The van der Waals surface area contributed by atoms with E-state index < -0.39 is 10.0 Å². The van der Waals surface area contributed by atoms with E-state index in [9.17, 15) is 13.2 Å². The monoisotopic (exact) mass is 405 g/mol. The molecule has 1 unspecified atom stereocenters. The number of nitrogens with two attached hydrogens (primary N) is 1. The fraction of sp³-hybridized carbons (Fsp3) is 0.667. The second kappa shape index (κ2) is 7.43. The first kappa shape index (κ1) is 19.9. The Morgan fingerprint density at radius 2 is 1.71 bits per heavy atom. The van der Waals surface area contributed by atoms with Crippen molar-refractivity contribution >= 4 is 15.9 Å². The van der Waals surface area contributed by atoms with Gasteiger partial charge in [-0.15, -0.1) is 0 Å². The second-order valence-electron chi connectivity index (χ2n) is 8.79. The zero-order chi connectivity index (χ0) is 19.9. The molecule has 4 rings (SSSR count). The van der Waals surface area contributed by atoms with Gasteiger partial charge in [-0.05, 0) is 93.6 Å². The molecule has 2 fully saturated rings. The molecular weight excluding hydrogens is 374 g/mol. The minimum Gasteiger partial charge on any atom is -0.368 e. The molecule has 0 bridgehead atoms. The van der Waals surface area contributed by atoms with Gasteiger partial charge >= 0.3 is 0 Å². The molecule has 2 saturated heterocycles. The molecule has 1 spiro atoms. The maximum atomic E-state index is 13.2. The summed E-state index contributed by atoms with van der Waals surface area (Å²) in [5.41, 5.74) is 8.01. The van der Waals surface area contributed by atoms with Crippen LogP contribution in [-0.4, -0.2) is 56.3 Å². The van der Waals surface area contributed by atoms with Crippen molar-refractivity contribution in [3.8, 4) is 0 Å². The Morgan fingerprint density at radius 3 is 2.39 bits per heavy atom. The molecular formula is C21H31N3O3S. The van der Waals surface area contributed by atoms with E-state index in [-0.39, 0.29) is 17.4 Å². The van der Waals surface area contributed by atoms with Gasteiger partial charge in [-0.3, -0.25) is 9.69 Å². The van der Waals surface area contributed by atoms with E-state index in [0.29, 0.717) is 30.8 Å². The van der Waals surface area contributed by atoms with Gasteiger partial charge in [0.2, 0.25) is 15.9 Å². The van der Waals surface area contributed by atoms with E-state index in [2.05, 4.69) is 4.90 Å². The van der Waals surface area contributed by atoms with Gasteiger partial charge in [0.15, 0.2) is 0 Å². The van der Waals surface area contributed by atoms with Crippen LogP contribution in [-0.2, 0) is 27.7 Å². The standard InChI is InChI=1S/C21H31N3O3S/c1-23-12-4-9-21(19(23)20(22)25)10-13-24(14-11-21)28(26,27)18-8-7-16-5-2-3-6-17(16)15-18/h7-8,15,19H,2-6,9-14H2,1H3,(H2,22,25). The minimum absolute atomic E-state index is 0.194. The lowest BCUT2D eigenvalue weighted by Gasteiger charge is -2.51. The van der Waals surface area contributed by atoms with Crippen molar-refractivity contribution < 1.29 is 13.2 Å². The van der Waals surface area contributed by atoms with E-state index >= 15 is 0 Å². The molecule has 1 aromatic carbocycles. The molecule has 28 heavy (non-hydrogen) atoms. The summed E-state index contributed by atoms with van der Waals surface area (Å²) in [5.74, 6) is -0.284. The van der Waals surface area contributed by atoms with Crippen molar-refractivity contribution in [2.75, 3.05) is 26.7 Å². The van der Waals surface area contributed by atoms with Crippen LogP contribution in [0.1, 0.15) is 49.7 Å². The Balaban J connectivity index is 1.53. The molecule has 2 heterocycles. The molecule has 1 aliphatic carbocycles. The normalized spacial score (nSPS) is 26.1. The molecule has 2 N–H and O–H groups in total. The average molecular weight is 406 g/mol. The topological polar surface area (TPSA) is 83.7 Å². The van der Waals surface area contributed by atoms with Gasteiger partial charge in [0, 0.05) is 13.1 Å². The lowest BCUT2D eigenvalue weighted by atomic mass is 9.67. The maximum Gasteiger partial charge on any atom is 0.243 e. The summed E-state index contributed by atoms with van der Waals surface area (Å²) >= 11 is 0. The molecule has 0 radical (unpaired) electrons. The number of likely N-dealkylation sites (N-methyl/N-ethyl adjacent to an activating group) is 1. The Bertz CT molecular complexity index is 860. The van der Waals surface area contributed by atoms with Crippen LogP contribution >= 0.6 is 0 Å². The zero-order valence-corrected chi connectivity index (χ0v) is 17.5. The van der Waals surface area contributed by atoms with Crippen LogP contribution in [0.4, 0.5) is 0 Å². The lowest BCUT2D eigenvalue weighted by Crippen LogP contribution is -2.60. The lowest BCUT2D eigenvalue weighted by molar-refractivity contribution is -0.132. The number of hydrogen-bond acceptors (Lipinski definition) is 4. The van der Waals surface area contributed by atoms with Crippen molar-refractivity contribution in [1.29, 1.82) is 0 Å². The van der Waals surface area contributed by atoms with Crippen LogP contribution < -0.4 is 5.73 Å². The third-order valence-electron chi connectivity index (χ3n) is 7.15.